The molecule has 6 nitrogen and oxygen atoms in total. The van der Waals surface area contributed by atoms with Gasteiger partial charge in [0, 0.05) is 23.2 Å². The smallest absolute Gasteiger partial charge is 0.251 e. The van der Waals surface area contributed by atoms with Crippen LogP contribution in [0.5, 0.6) is 0 Å². The van der Waals surface area contributed by atoms with Gasteiger partial charge in [0.15, 0.2) is 0 Å². The monoisotopic (exact) mass is 354 g/mol. The van der Waals surface area contributed by atoms with Crippen LogP contribution < -0.4 is 10.6 Å². The molecule has 0 unspecified atom stereocenters. The summed E-state index contributed by atoms with van der Waals surface area (Å²) in [5.74, 6) is 1.86. The highest BCUT2D eigenvalue weighted by molar-refractivity contribution is 5.95. The van der Waals surface area contributed by atoms with E-state index in [1.165, 1.54) is 19.3 Å². The van der Waals surface area contributed by atoms with Crippen molar-refractivity contribution in [1.29, 1.82) is 0 Å². The molecule has 2 aromatic rings. The van der Waals surface area contributed by atoms with Gasteiger partial charge in [-0.15, -0.1) is 10.2 Å². The Morgan fingerprint density at radius 2 is 1.96 bits per heavy atom. The molecular weight excluding hydrogens is 328 g/mol. The van der Waals surface area contributed by atoms with Gasteiger partial charge in [-0.2, -0.15) is 0 Å². The number of nitrogens with one attached hydrogen (secondary N) is 2. The molecule has 0 radical (unpaired) electrons. The van der Waals surface area contributed by atoms with E-state index in [-0.39, 0.29) is 5.91 Å². The van der Waals surface area contributed by atoms with Crippen LogP contribution >= 0.6 is 0 Å². The lowest BCUT2D eigenvalue weighted by molar-refractivity contribution is 0.0927. The highest BCUT2D eigenvalue weighted by atomic mass is 16.4. The van der Waals surface area contributed by atoms with Crippen molar-refractivity contribution in [3.05, 3.63) is 41.1 Å². The van der Waals surface area contributed by atoms with Gasteiger partial charge < -0.3 is 15.1 Å². The minimum absolute atomic E-state index is 0.0255. The standard InChI is InChI=1S/C20H26N4O2/c1-13-11-15(19(25)22-16-5-3-2-4-6-16)9-10-17(13)21-12-18-23-24-20(26-18)14-7-8-14/h9-11,14,16,21H,2-8,12H2,1H3,(H,22,25). The lowest BCUT2D eigenvalue weighted by Crippen LogP contribution is -2.36. The Balaban J connectivity index is 1.34. The van der Waals surface area contributed by atoms with E-state index in [9.17, 15) is 4.79 Å². The Kier molecular flexibility index (Phi) is 4.91. The molecule has 1 amide bonds. The number of rotatable bonds is 6. The second-order valence-corrected chi connectivity index (χ2v) is 7.50. The van der Waals surface area contributed by atoms with Crippen molar-refractivity contribution in [2.24, 2.45) is 0 Å². The van der Waals surface area contributed by atoms with E-state index in [4.69, 9.17) is 4.42 Å². The van der Waals surface area contributed by atoms with Crippen molar-refractivity contribution >= 4 is 11.6 Å². The van der Waals surface area contributed by atoms with Gasteiger partial charge in [0.25, 0.3) is 5.91 Å². The average molecular weight is 354 g/mol. The highest BCUT2D eigenvalue weighted by Gasteiger charge is 2.29. The van der Waals surface area contributed by atoms with Gasteiger partial charge in [-0.05, 0) is 56.4 Å². The maximum absolute atomic E-state index is 12.5. The van der Waals surface area contributed by atoms with Gasteiger partial charge in [-0.25, -0.2) is 0 Å². The van der Waals surface area contributed by atoms with Crippen molar-refractivity contribution < 1.29 is 9.21 Å². The fourth-order valence-electron chi connectivity index (χ4n) is 3.52. The first kappa shape index (κ1) is 17.1. The van der Waals surface area contributed by atoms with Gasteiger partial charge in [-0.3, -0.25) is 4.79 Å². The molecule has 1 heterocycles. The number of carbonyl (C=O) groups is 1. The predicted octanol–water partition coefficient (Wildman–Crippen LogP) is 3.93. The Morgan fingerprint density at radius 1 is 1.15 bits per heavy atom. The largest absolute Gasteiger partial charge is 0.423 e. The zero-order valence-corrected chi connectivity index (χ0v) is 15.3. The zero-order valence-electron chi connectivity index (χ0n) is 15.3. The molecule has 0 aliphatic heterocycles. The maximum atomic E-state index is 12.5. The van der Waals surface area contributed by atoms with Gasteiger partial charge in [0.05, 0.1) is 6.54 Å². The van der Waals surface area contributed by atoms with E-state index in [2.05, 4.69) is 20.8 Å². The minimum atomic E-state index is 0.0255. The molecular formula is C20H26N4O2. The zero-order chi connectivity index (χ0) is 17.9. The summed E-state index contributed by atoms with van der Waals surface area (Å²) < 4.78 is 5.67. The number of amides is 1. The third-order valence-electron chi connectivity index (χ3n) is 5.27. The quantitative estimate of drug-likeness (QED) is 0.821. The number of nitrogens with zero attached hydrogens (tertiary/aromatic N) is 2. The lowest BCUT2D eigenvalue weighted by Gasteiger charge is -2.23. The molecule has 1 aromatic heterocycles. The van der Waals surface area contributed by atoms with Crippen molar-refractivity contribution in [1.82, 2.24) is 15.5 Å². The maximum Gasteiger partial charge on any atom is 0.251 e. The summed E-state index contributed by atoms with van der Waals surface area (Å²) in [4.78, 5) is 12.5. The normalized spacial score (nSPS) is 17.9. The summed E-state index contributed by atoms with van der Waals surface area (Å²) in [6, 6.07) is 6.08. The molecule has 0 saturated heterocycles. The van der Waals surface area contributed by atoms with Gasteiger partial charge in [0.2, 0.25) is 11.8 Å². The first-order valence-corrected chi connectivity index (χ1v) is 9.67. The van der Waals surface area contributed by atoms with Crippen LogP contribution in [0, 0.1) is 6.92 Å². The molecule has 6 heteroatoms. The molecule has 26 heavy (non-hydrogen) atoms. The fourth-order valence-corrected chi connectivity index (χ4v) is 3.52. The van der Waals surface area contributed by atoms with Gasteiger partial charge in [0.1, 0.15) is 0 Å². The predicted molar refractivity (Wildman–Crippen MR) is 99.1 cm³/mol. The SMILES string of the molecule is Cc1cc(C(=O)NC2CCCCC2)ccc1NCc1nnc(C2CC2)o1. The Morgan fingerprint density at radius 3 is 2.69 bits per heavy atom. The molecule has 2 aliphatic rings. The van der Waals surface area contributed by atoms with Crippen LogP contribution in [0.1, 0.15) is 78.6 Å². The van der Waals surface area contributed by atoms with Crippen LogP contribution in [0.3, 0.4) is 0 Å². The highest BCUT2D eigenvalue weighted by Crippen LogP contribution is 2.39. The molecule has 138 valence electrons. The third kappa shape index (κ3) is 4.06. The van der Waals surface area contributed by atoms with Crippen molar-refractivity contribution in [3.63, 3.8) is 0 Å². The van der Waals surface area contributed by atoms with Crippen LogP contribution in [0.15, 0.2) is 22.6 Å². The van der Waals surface area contributed by atoms with Crippen LogP contribution in [-0.2, 0) is 6.54 Å². The molecule has 2 aliphatic carbocycles. The van der Waals surface area contributed by atoms with Crippen molar-refractivity contribution in [3.8, 4) is 0 Å². The Hall–Kier alpha value is -2.37. The van der Waals surface area contributed by atoms with E-state index in [1.54, 1.807) is 0 Å². The summed E-state index contributed by atoms with van der Waals surface area (Å²) in [6.45, 7) is 2.50. The fraction of sp³-hybridized carbons (Fsp3) is 0.550. The first-order chi connectivity index (χ1) is 12.7. The van der Waals surface area contributed by atoms with E-state index in [0.29, 0.717) is 30.0 Å². The van der Waals surface area contributed by atoms with E-state index >= 15 is 0 Å². The molecule has 0 bridgehead atoms. The molecule has 2 fully saturated rings. The first-order valence-electron chi connectivity index (χ1n) is 9.67. The Bertz CT molecular complexity index is 776. The number of aromatic nitrogens is 2. The second kappa shape index (κ2) is 7.48. The van der Waals surface area contributed by atoms with Crippen molar-refractivity contribution in [2.45, 2.75) is 70.4 Å². The van der Waals surface area contributed by atoms with E-state index in [1.807, 2.05) is 25.1 Å². The molecule has 0 atom stereocenters. The van der Waals surface area contributed by atoms with E-state index < -0.39 is 0 Å². The molecule has 4 rings (SSSR count). The summed E-state index contributed by atoms with van der Waals surface area (Å²) in [5.41, 5.74) is 2.72. The summed E-state index contributed by atoms with van der Waals surface area (Å²) in [5, 5.41) is 14.7. The van der Waals surface area contributed by atoms with Gasteiger partial charge >= 0.3 is 0 Å². The van der Waals surface area contributed by atoms with E-state index in [0.717, 1.165) is 42.8 Å². The number of aryl methyl sites for hydroxylation is 1. The number of hydrogen-bond donors (Lipinski definition) is 2. The Labute approximate surface area is 153 Å². The average Bonchev–Trinajstić information content (AvgIpc) is 3.40. The number of carbonyl (C=O) groups excluding carboxylic acids is 1. The number of benzene rings is 1. The topological polar surface area (TPSA) is 80.0 Å². The minimum Gasteiger partial charge on any atom is -0.423 e. The van der Waals surface area contributed by atoms with Crippen LogP contribution in [0.25, 0.3) is 0 Å². The number of anilines is 1. The third-order valence-corrected chi connectivity index (χ3v) is 5.27. The number of hydrogen-bond acceptors (Lipinski definition) is 5. The lowest BCUT2D eigenvalue weighted by atomic mass is 9.95. The van der Waals surface area contributed by atoms with Crippen molar-refractivity contribution in [2.75, 3.05) is 5.32 Å². The summed E-state index contributed by atoms with van der Waals surface area (Å²) >= 11 is 0. The van der Waals surface area contributed by atoms with Crippen LogP contribution in [-0.4, -0.2) is 22.1 Å². The van der Waals surface area contributed by atoms with Crippen LogP contribution in [0.4, 0.5) is 5.69 Å². The second-order valence-electron chi connectivity index (χ2n) is 7.50. The summed E-state index contributed by atoms with van der Waals surface area (Å²) in [7, 11) is 0. The van der Waals surface area contributed by atoms with Gasteiger partial charge in [-0.1, -0.05) is 19.3 Å². The summed E-state index contributed by atoms with van der Waals surface area (Å²) in [6.07, 6.45) is 8.20. The molecule has 1 aromatic carbocycles. The molecule has 2 saturated carbocycles. The molecule has 2 N–H and O–H groups in total. The van der Waals surface area contributed by atoms with Crippen LogP contribution in [0.2, 0.25) is 0 Å². The molecule has 0 spiro atoms.